The minimum Gasteiger partial charge on any atom is -0.460 e. The van der Waals surface area contributed by atoms with Crippen molar-refractivity contribution in [3.05, 3.63) is 81.1 Å². The Balaban J connectivity index is 1.59. The summed E-state index contributed by atoms with van der Waals surface area (Å²) in [5, 5.41) is 0. The number of carbonyl (C=O) groups excluding carboxylic acids is 5. The summed E-state index contributed by atoms with van der Waals surface area (Å²) in [6, 6.07) is 9.58. The number of amides is 2. The number of hydrogen-bond acceptors (Lipinski definition) is 12. The number of ether oxygens (including phenoxy) is 2. The van der Waals surface area contributed by atoms with Crippen LogP contribution in [0.5, 0.6) is 0 Å². The molecule has 0 saturated heterocycles. The van der Waals surface area contributed by atoms with Gasteiger partial charge >= 0.3 is 30.0 Å². The van der Waals surface area contributed by atoms with Crippen molar-refractivity contribution in [1.82, 2.24) is 14.9 Å². The van der Waals surface area contributed by atoms with E-state index in [0.29, 0.717) is 10.8 Å². The van der Waals surface area contributed by atoms with E-state index in [4.69, 9.17) is 26.7 Å². The minimum atomic E-state index is -5.28. The molecule has 0 bridgehead atoms. The predicted molar refractivity (Wildman–Crippen MR) is 222 cm³/mol. The van der Waals surface area contributed by atoms with E-state index in [2.05, 4.69) is 9.97 Å². The summed E-state index contributed by atoms with van der Waals surface area (Å²) in [7, 11) is 0. The molecule has 0 unspecified atom stereocenters. The molecule has 1 heterocycles. The van der Waals surface area contributed by atoms with Gasteiger partial charge in [-0.05, 0) is 121 Å². The van der Waals surface area contributed by atoms with Crippen molar-refractivity contribution >= 4 is 47.2 Å². The van der Waals surface area contributed by atoms with Gasteiger partial charge in [-0.1, -0.05) is 37.1 Å². The molecule has 7 N–H and O–H groups in total. The van der Waals surface area contributed by atoms with E-state index in [1.807, 2.05) is 24.3 Å². The van der Waals surface area contributed by atoms with Crippen molar-refractivity contribution < 1.29 is 46.6 Å². The summed E-state index contributed by atoms with van der Waals surface area (Å²) in [5.74, 6) is -5.90. The number of alkyl halides is 3. The molecule has 1 aromatic heterocycles. The first-order chi connectivity index (χ1) is 28.4. The summed E-state index contributed by atoms with van der Waals surface area (Å²) in [6.45, 7) is 9.29. The summed E-state index contributed by atoms with van der Waals surface area (Å²) in [4.78, 5) is 87.1. The van der Waals surface area contributed by atoms with E-state index < -0.39 is 71.2 Å². The van der Waals surface area contributed by atoms with Gasteiger partial charge in [0.2, 0.25) is 5.95 Å². The lowest BCUT2D eigenvalue weighted by molar-refractivity contribution is -0.170. The van der Waals surface area contributed by atoms with Crippen molar-refractivity contribution in [3.63, 3.8) is 0 Å². The number of nitrogens with one attached hydrogen (secondary N) is 1. The number of rotatable bonds is 15. The van der Waals surface area contributed by atoms with Crippen molar-refractivity contribution in [1.29, 1.82) is 0 Å². The molecule has 1 saturated carbocycles. The second-order valence-corrected chi connectivity index (χ2v) is 17.2. The Labute approximate surface area is 352 Å². The van der Waals surface area contributed by atoms with Gasteiger partial charge in [0.25, 0.3) is 11.5 Å². The Morgan fingerprint density at radius 3 is 2.15 bits per heavy atom. The maximum absolute atomic E-state index is 14.4. The Bertz CT molecular complexity index is 2120. The fraction of sp³-hybridized carbons (Fsp3) is 0.512. The summed E-state index contributed by atoms with van der Waals surface area (Å²) < 4.78 is 52.2. The molecule has 18 heteroatoms. The normalized spacial score (nSPS) is 14.5. The van der Waals surface area contributed by atoms with E-state index in [9.17, 15) is 41.9 Å². The Hall–Kier alpha value is -5.78. The first-order valence-electron chi connectivity index (χ1n) is 20.1. The van der Waals surface area contributed by atoms with Crippen molar-refractivity contribution in [3.8, 4) is 0 Å². The third-order valence-electron chi connectivity index (χ3n) is 10.1. The van der Waals surface area contributed by atoms with Crippen LogP contribution in [0.15, 0.2) is 53.3 Å². The highest BCUT2D eigenvalue weighted by Gasteiger charge is 2.44. The molecule has 61 heavy (non-hydrogen) atoms. The van der Waals surface area contributed by atoms with Gasteiger partial charge in [-0.3, -0.25) is 24.2 Å². The zero-order valence-electron chi connectivity index (χ0n) is 35.4. The summed E-state index contributed by atoms with van der Waals surface area (Å²) >= 11 is 0. The number of esters is 3. The highest BCUT2D eigenvalue weighted by molar-refractivity contribution is 6.01. The number of nitrogens with zero attached hydrogens (tertiary/aromatic N) is 3. The standard InChI is InChI=1S/C43H56F3N7O8/c1-41(2,3)53(36(56)27-16-18-29(19-17-27)52(39(59)43(44,45)46)22-10-15-30-34(48)50-40(49)51-35(30)55)32(20-21-33(54)61-42(4,5)6)38(58)60-37(57)31(47)24-25-11-9-14-28(23-25)26-12-7-8-13-26/h9,11,14,16-19,23,26,31-32H,7-8,10,12-13,15,20-22,24,47H2,1-6H3,(H5,48,49,50,51,55)/t31-,32-/m0/s1. The first-order valence-corrected chi connectivity index (χ1v) is 20.1. The number of nitrogen functional groups attached to an aromatic ring is 2. The molecule has 3 aromatic rings. The van der Waals surface area contributed by atoms with E-state index in [0.717, 1.165) is 53.8 Å². The number of H-pyrrole nitrogens is 1. The van der Waals surface area contributed by atoms with Crippen LogP contribution in [0.25, 0.3) is 0 Å². The lowest BCUT2D eigenvalue weighted by Gasteiger charge is -2.40. The predicted octanol–water partition coefficient (Wildman–Crippen LogP) is 5.49. The van der Waals surface area contributed by atoms with Crippen molar-refractivity contribution in [2.75, 3.05) is 22.9 Å². The molecule has 332 valence electrons. The number of halogens is 3. The monoisotopic (exact) mass is 855 g/mol. The number of nitrogens with two attached hydrogens (primary N) is 3. The molecule has 2 aromatic carbocycles. The van der Waals surface area contributed by atoms with E-state index in [1.54, 1.807) is 41.5 Å². The fourth-order valence-corrected chi connectivity index (χ4v) is 7.34. The number of benzene rings is 2. The highest BCUT2D eigenvalue weighted by atomic mass is 19.4. The van der Waals surface area contributed by atoms with Crippen LogP contribution in [-0.2, 0) is 41.5 Å². The second-order valence-electron chi connectivity index (χ2n) is 17.2. The van der Waals surface area contributed by atoms with Crippen LogP contribution in [0.2, 0.25) is 0 Å². The third-order valence-corrected chi connectivity index (χ3v) is 10.1. The molecule has 0 radical (unpaired) electrons. The van der Waals surface area contributed by atoms with E-state index in [1.165, 1.54) is 12.1 Å². The van der Waals surface area contributed by atoms with Crippen molar-refractivity contribution in [2.45, 2.75) is 135 Å². The smallest absolute Gasteiger partial charge is 0.460 e. The first kappa shape index (κ1) is 47.9. The fourth-order valence-electron chi connectivity index (χ4n) is 7.34. The minimum absolute atomic E-state index is 0.0235. The van der Waals surface area contributed by atoms with Crippen LogP contribution in [0.1, 0.15) is 119 Å². The maximum Gasteiger partial charge on any atom is 0.471 e. The van der Waals surface area contributed by atoms with Crippen LogP contribution in [-0.4, -0.2) is 80.5 Å². The zero-order chi connectivity index (χ0) is 45.4. The lowest BCUT2D eigenvalue weighted by Crippen LogP contribution is -2.56. The molecule has 1 aliphatic rings. The lowest BCUT2D eigenvalue weighted by atomic mass is 9.94. The van der Waals surface area contributed by atoms with Gasteiger partial charge in [0.1, 0.15) is 23.5 Å². The molecule has 0 spiro atoms. The molecule has 0 aliphatic heterocycles. The number of hydrogen-bond donors (Lipinski definition) is 4. The second kappa shape index (κ2) is 19.7. The van der Waals surface area contributed by atoms with Crippen molar-refractivity contribution in [2.24, 2.45) is 5.73 Å². The molecule has 1 fully saturated rings. The topological polar surface area (TPSA) is 234 Å². The van der Waals surface area contributed by atoms with Gasteiger partial charge in [-0.2, -0.15) is 18.2 Å². The third kappa shape index (κ3) is 13.4. The van der Waals surface area contributed by atoms with Gasteiger partial charge in [0.15, 0.2) is 0 Å². The van der Waals surface area contributed by atoms with Gasteiger partial charge < -0.3 is 36.5 Å². The number of carbonyl (C=O) groups is 5. The van der Waals surface area contributed by atoms with Crippen LogP contribution in [0.3, 0.4) is 0 Å². The average Bonchev–Trinajstić information content (AvgIpc) is 3.69. The Kier molecular flexibility index (Phi) is 15.5. The average molecular weight is 856 g/mol. The molecule has 1 aliphatic carbocycles. The van der Waals surface area contributed by atoms with E-state index in [-0.39, 0.29) is 60.7 Å². The summed E-state index contributed by atoms with van der Waals surface area (Å²) in [6.07, 6.45) is -1.74. The Morgan fingerprint density at radius 2 is 1.57 bits per heavy atom. The van der Waals surface area contributed by atoms with Crippen LogP contribution < -0.4 is 27.7 Å². The maximum atomic E-state index is 14.4. The summed E-state index contributed by atoms with van der Waals surface area (Å²) in [5.41, 5.74) is 16.4. The number of aromatic amines is 1. The molecule has 15 nitrogen and oxygen atoms in total. The van der Waals surface area contributed by atoms with Gasteiger partial charge in [-0.25, -0.2) is 9.59 Å². The van der Waals surface area contributed by atoms with E-state index >= 15 is 0 Å². The van der Waals surface area contributed by atoms with Crippen LogP contribution >= 0.6 is 0 Å². The van der Waals surface area contributed by atoms with Crippen LogP contribution in [0.4, 0.5) is 30.6 Å². The largest absolute Gasteiger partial charge is 0.471 e. The number of aromatic nitrogens is 2. The molecule has 2 amide bonds. The molecular formula is C43H56F3N7O8. The zero-order valence-corrected chi connectivity index (χ0v) is 35.4. The SMILES string of the molecule is CC(C)(C)OC(=O)CC[C@@H](C(=O)OC(=O)[C@@H](N)Cc1cccc(C2CCCC2)c1)N(C(=O)c1ccc(N(CCCc2c(N)nc(N)[nH]c2=O)C(=O)C(F)(F)F)cc1)C(C)(C)C. The Morgan fingerprint density at radius 1 is 0.934 bits per heavy atom. The highest BCUT2D eigenvalue weighted by Crippen LogP contribution is 2.34. The quantitative estimate of drug-likeness (QED) is 0.110. The molecule has 4 rings (SSSR count). The van der Waals surface area contributed by atoms with Gasteiger partial charge in [0, 0.05) is 29.8 Å². The number of anilines is 3. The molecular weight excluding hydrogens is 800 g/mol. The van der Waals surface area contributed by atoms with Gasteiger partial charge in [-0.15, -0.1) is 0 Å². The van der Waals surface area contributed by atoms with Crippen LogP contribution in [0, 0.1) is 0 Å². The van der Waals surface area contributed by atoms with Gasteiger partial charge in [0.05, 0.1) is 5.56 Å². The molecule has 2 atom stereocenters.